The summed E-state index contributed by atoms with van der Waals surface area (Å²) in [5.74, 6) is -0.873. The second kappa shape index (κ2) is 8.16. The predicted molar refractivity (Wildman–Crippen MR) is 121 cm³/mol. The van der Waals surface area contributed by atoms with Crippen molar-refractivity contribution in [2.75, 3.05) is 18.1 Å². The van der Waals surface area contributed by atoms with Gasteiger partial charge in [0.2, 0.25) is 5.91 Å². The summed E-state index contributed by atoms with van der Waals surface area (Å²) >= 11 is 1.37. The van der Waals surface area contributed by atoms with Gasteiger partial charge in [-0.05, 0) is 43.5 Å². The molecule has 2 heterocycles. The fraction of sp³-hybridized carbons (Fsp3) is 0.217. The van der Waals surface area contributed by atoms with E-state index in [1.807, 2.05) is 24.5 Å². The van der Waals surface area contributed by atoms with E-state index in [9.17, 15) is 19.2 Å². The number of Topliss-reactive ketones (excluding diaryl/α,β-unsaturated/α-hetero) is 1. The molecule has 8 nitrogen and oxygen atoms in total. The van der Waals surface area contributed by atoms with Crippen molar-refractivity contribution in [1.29, 1.82) is 0 Å². The average molecular weight is 452 g/mol. The number of para-hydroxylation sites is 1. The van der Waals surface area contributed by atoms with Crippen LogP contribution in [-0.4, -0.2) is 41.3 Å². The van der Waals surface area contributed by atoms with Crippen molar-refractivity contribution in [3.63, 3.8) is 0 Å². The van der Waals surface area contributed by atoms with Crippen LogP contribution in [0.15, 0.2) is 57.8 Å². The summed E-state index contributed by atoms with van der Waals surface area (Å²) in [4.78, 5) is 51.6. The fourth-order valence-corrected chi connectivity index (χ4v) is 4.21. The largest absolute Gasteiger partial charge is 0.458 e. The van der Waals surface area contributed by atoms with Crippen LogP contribution in [-0.2, 0) is 15.1 Å². The van der Waals surface area contributed by atoms with Crippen LogP contribution < -0.4 is 10.6 Å². The van der Waals surface area contributed by atoms with Crippen molar-refractivity contribution in [2.45, 2.75) is 24.3 Å². The normalized spacial score (nSPS) is 18.2. The molecule has 0 spiro atoms. The van der Waals surface area contributed by atoms with Crippen molar-refractivity contribution in [3.8, 4) is 0 Å². The number of fused-ring (bicyclic) bond motifs is 1. The van der Waals surface area contributed by atoms with Crippen molar-refractivity contribution in [1.82, 2.24) is 10.2 Å². The number of benzene rings is 2. The minimum absolute atomic E-state index is 0.219. The van der Waals surface area contributed by atoms with Gasteiger partial charge in [0.15, 0.2) is 11.3 Å². The maximum atomic E-state index is 13.2. The molecule has 2 aromatic carbocycles. The van der Waals surface area contributed by atoms with Crippen LogP contribution in [0.5, 0.6) is 0 Å². The lowest BCUT2D eigenvalue weighted by Gasteiger charge is -2.19. The number of urea groups is 1. The number of ketones is 1. The molecule has 4 amide bonds. The summed E-state index contributed by atoms with van der Waals surface area (Å²) in [5.41, 5.74) is 0.121. The second-order valence-corrected chi connectivity index (χ2v) is 8.46. The van der Waals surface area contributed by atoms with Gasteiger partial charge in [-0.25, -0.2) is 4.79 Å². The molecule has 1 atom stereocenters. The molecule has 4 rings (SSSR count). The molecule has 32 heavy (non-hydrogen) atoms. The van der Waals surface area contributed by atoms with Gasteiger partial charge in [-0.3, -0.25) is 19.3 Å². The van der Waals surface area contributed by atoms with Crippen LogP contribution in [0.2, 0.25) is 0 Å². The van der Waals surface area contributed by atoms with Gasteiger partial charge < -0.3 is 15.1 Å². The highest BCUT2D eigenvalue weighted by atomic mass is 32.2. The highest BCUT2D eigenvalue weighted by molar-refractivity contribution is 7.98. The van der Waals surface area contributed by atoms with Crippen LogP contribution in [0, 0.1) is 0 Å². The molecule has 0 aliphatic carbocycles. The summed E-state index contributed by atoms with van der Waals surface area (Å²) < 4.78 is 5.80. The molecule has 1 fully saturated rings. The quantitative estimate of drug-likeness (QED) is 0.336. The van der Waals surface area contributed by atoms with Gasteiger partial charge in [-0.15, -0.1) is 11.8 Å². The minimum atomic E-state index is -1.41. The van der Waals surface area contributed by atoms with E-state index in [-0.39, 0.29) is 5.91 Å². The zero-order valence-corrected chi connectivity index (χ0v) is 18.5. The SMILES string of the molecule is CSc1cc(C(=O)CN2C(=O)NC(C)(c3cc4ccccc4o3)C2=O)ccc1NC(C)=O. The van der Waals surface area contributed by atoms with Gasteiger partial charge >= 0.3 is 6.03 Å². The molecule has 1 aromatic heterocycles. The number of carbonyl (C=O) groups excluding carboxylic acids is 4. The second-order valence-electron chi connectivity index (χ2n) is 7.61. The van der Waals surface area contributed by atoms with Gasteiger partial charge in [-0.2, -0.15) is 0 Å². The molecule has 9 heteroatoms. The van der Waals surface area contributed by atoms with E-state index >= 15 is 0 Å². The average Bonchev–Trinajstić information content (AvgIpc) is 3.29. The summed E-state index contributed by atoms with van der Waals surface area (Å²) in [7, 11) is 0. The zero-order valence-electron chi connectivity index (χ0n) is 17.7. The molecule has 1 unspecified atom stereocenters. The maximum Gasteiger partial charge on any atom is 0.325 e. The third-order valence-corrected chi connectivity index (χ3v) is 6.11. The first-order chi connectivity index (χ1) is 15.2. The van der Waals surface area contributed by atoms with Gasteiger partial charge in [0.25, 0.3) is 5.91 Å². The third kappa shape index (κ3) is 3.75. The van der Waals surface area contributed by atoms with E-state index in [1.165, 1.54) is 18.7 Å². The monoisotopic (exact) mass is 451 g/mol. The number of hydrogen-bond acceptors (Lipinski definition) is 6. The lowest BCUT2D eigenvalue weighted by atomic mass is 9.98. The molecule has 0 radical (unpaired) electrons. The fourth-order valence-electron chi connectivity index (χ4n) is 3.63. The van der Waals surface area contributed by atoms with Gasteiger partial charge in [0.1, 0.15) is 11.3 Å². The molecule has 1 aliphatic heterocycles. The Morgan fingerprint density at radius 1 is 1.16 bits per heavy atom. The number of carbonyl (C=O) groups is 4. The predicted octanol–water partition coefficient (Wildman–Crippen LogP) is 3.76. The van der Waals surface area contributed by atoms with Crippen LogP contribution in [0.3, 0.4) is 0 Å². The lowest BCUT2D eigenvalue weighted by molar-refractivity contribution is -0.131. The zero-order chi connectivity index (χ0) is 23.0. The molecule has 1 saturated heterocycles. The van der Waals surface area contributed by atoms with E-state index in [1.54, 1.807) is 37.3 Å². The minimum Gasteiger partial charge on any atom is -0.458 e. The van der Waals surface area contributed by atoms with Crippen molar-refractivity contribution in [2.24, 2.45) is 0 Å². The first-order valence-electron chi connectivity index (χ1n) is 9.85. The molecule has 1 aliphatic rings. The Labute approximate surface area is 188 Å². The van der Waals surface area contributed by atoms with Gasteiger partial charge in [-0.1, -0.05) is 18.2 Å². The first kappa shape index (κ1) is 21.6. The van der Waals surface area contributed by atoms with Crippen LogP contribution >= 0.6 is 11.8 Å². The third-order valence-electron chi connectivity index (χ3n) is 5.33. The summed E-state index contributed by atoms with van der Waals surface area (Å²) in [5, 5.41) is 6.17. The van der Waals surface area contributed by atoms with E-state index in [0.29, 0.717) is 27.5 Å². The topological polar surface area (TPSA) is 109 Å². The van der Waals surface area contributed by atoms with Crippen molar-refractivity contribution >= 4 is 52.0 Å². The number of nitrogens with one attached hydrogen (secondary N) is 2. The number of thioether (sulfide) groups is 1. The number of rotatable bonds is 6. The first-order valence-corrected chi connectivity index (χ1v) is 11.1. The molecule has 0 bridgehead atoms. The number of imide groups is 1. The van der Waals surface area contributed by atoms with Crippen LogP contribution in [0.1, 0.15) is 30.0 Å². The van der Waals surface area contributed by atoms with E-state index < -0.39 is 29.8 Å². The number of amides is 4. The number of furan rings is 1. The Balaban J connectivity index is 1.57. The number of anilines is 1. The van der Waals surface area contributed by atoms with Gasteiger partial charge in [0.05, 0.1) is 12.2 Å². The van der Waals surface area contributed by atoms with E-state index in [2.05, 4.69) is 10.6 Å². The highest BCUT2D eigenvalue weighted by Crippen LogP contribution is 2.33. The maximum absolute atomic E-state index is 13.2. The Bertz CT molecular complexity index is 1230. The highest BCUT2D eigenvalue weighted by Gasteiger charge is 2.51. The van der Waals surface area contributed by atoms with E-state index in [4.69, 9.17) is 4.42 Å². The molecule has 2 N–H and O–H groups in total. The van der Waals surface area contributed by atoms with E-state index in [0.717, 1.165) is 10.3 Å². The summed E-state index contributed by atoms with van der Waals surface area (Å²) in [6.07, 6.45) is 1.82. The lowest BCUT2D eigenvalue weighted by Crippen LogP contribution is -2.41. The van der Waals surface area contributed by atoms with Crippen molar-refractivity contribution in [3.05, 3.63) is 59.9 Å². The molecule has 3 aromatic rings. The van der Waals surface area contributed by atoms with Gasteiger partial charge in [0, 0.05) is 22.8 Å². The van der Waals surface area contributed by atoms with Crippen LogP contribution in [0.25, 0.3) is 11.0 Å². The van der Waals surface area contributed by atoms with Crippen molar-refractivity contribution < 1.29 is 23.6 Å². The Kier molecular flexibility index (Phi) is 5.52. The molecular weight excluding hydrogens is 430 g/mol. The molecule has 164 valence electrons. The smallest absolute Gasteiger partial charge is 0.325 e. The molecule has 0 saturated carbocycles. The Morgan fingerprint density at radius 3 is 2.59 bits per heavy atom. The van der Waals surface area contributed by atoms with Crippen LogP contribution in [0.4, 0.5) is 10.5 Å². The Morgan fingerprint density at radius 2 is 1.91 bits per heavy atom. The summed E-state index contributed by atoms with van der Waals surface area (Å²) in [6.45, 7) is 2.55. The number of nitrogens with zero attached hydrogens (tertiary/aromatic N) is 1. The summed E-state index contributed by atoms with van der Waals surface area (Å²) in [6, 6.07) is 13.2. The molecular formula is C23H21N3O5S. The standard InChI is InChI=1S/C23H21N3O5S/c1-13(27)24-16-9-8-14(10-19(16)32-3)17(28)12-26-21(29)23(2,25-22(26)30)20-11-15-6-4-5-7-18(15)31-20/h4-11H,12H2,1-3H3,(H,24,27)(H,25,30). The number of hydrogen-bond donors (Lipinski definition) is 2. The Hall–Kier alpha value is -3.59.